The monoisotopic (exact) mass is 378 g/mol. The molecule has 0 saturated carbocycles. The van der Waals surface area contributed by atoms with Crippen molar-refractivity contribution in [2.45, 2.75) is 0 Å². The minimum absolute atomic E-state index is 0.0899. The number of benzene rings is 2. The van der Waals surface area contributed by atoms with Crippen LogP contribution >= 0.6 is 11.6 Å². The Bertz CT molecular complexity index is 1050. The number of nitrogens with zero attached hydrogens (tertiary/aromatic N) is 1. The molecule has 0 saturated heterocycles. The van der Waals surface area contributed by atoms with Crippen LogP contribution in [0.3, 0.4) is 0 Å². The predicted octanol–water partition coefficient (Wildman–Crippen LogP) is 5.15. The predicted molar refractivity (Wildman–Crippen MR) is 104 cm³/mol. The topological polar surface area (TPSA) is 75.3 Å². The number of carbonyl (C=O) groups excluding carboxylic acids is 1. The van der Waals surface area contributed by atoms with E-state index in [0.717, 1.165) is 5.56 Å². The first kappa shape index (κ1) is 18.3. The number of halogens is 1. The van der Waals surface area contributed by atoms with Crippen molar-refractivity contribution in [3.8, 4) is 23.1 Å². The average Bonchev–Trinajstić information content (AvgIpc) is 3.15. The summed E-state index contributed by atoms with van der Waals surface area (Å²) in [6, 6.07) is 19.5. The van der Waals surface area contributed by atoms with Crippen molar-refractivity contribution >= 4 is 29.3 Å². The molecule has 3 rings (SSSR count). The van der Waals surface area contributed by atoms with E-state index < -0.39 is 5.91 Å². The SMILES string of the molecule is COc1ccccc1NC(=O)/C(C#N)=C/c1ccc(-c2cccc(Cl)c2)o1. The fourth-order valence-corrected chi connectivity index (χ4v) is 2.65. The van der Waals surface area contributed by atoms with Crippen LogP contribution in [-0.4, -0.2) is 13.0 Å². The van der Waals surface area contributed by atoms with E-state index in [-0.39, 0.29) is 5.57 Å². The van der Waals surface area contributed by atoms with Crippen LogP contribution < -0.4 is 10.1 Å². The molecule has 1 heterocycles. The Hall–Kier alpha value is -3.49. The number of anilines is 1. The highest BCUT2D eigenvalue weighted by molar-refractivity contribution is 6.30. The number of nitrogens with one attached hydrogen (secondary N) is 1. The molecular formula is C21H15ClN2O3. The molecule has 1 aromatic heterocycles. The van der Waals surface area contributed by atoms with E-state index in [1.807, 2.05) is 18.2 Å². The lowest BCUT2D eigenvalue weighted by Gasteiger charge is -2.08. The van der Waals surface area contributed by atoms with Crippen molar-refractivity contribution in [1.82, 2.24) is 0 Å². The van der Waals surface area contributed by atoms with Gasteiger partial charge in [-0.25, -0.2) is 0 Å². The van der Waals surface area contributed by atoms with E-state index in [2.05, 4.69) is 5.32 Å². The summed E-state index contributed by atoms with van der Waals surface area (Å²) in [6.45, 7) is 0. The number of furan rings is 1. The van der Waals surface area contributed by atoms with Crippen LogP contribution in [0, 0.1) is 11.3 Å². The lowest BCUT2D eigenvalue weighted by Crippen LogP contribution is -2.14. The number of rotatable bonds is 5. The maximum Gasteiger partial charge on any atom is 0.266 e. The Morgan fingerprint density at radius 2 is 2.00 bits per heavy atom. The Labute approximate surface area is 161 Å². The van der Waals surface area contributed by atoms with Crippen LogP contribution in [0.5, 0.6) is 5.75 Å². The van der Waals surface area contributed by atoms with Crippen LogP contribution in [-0.2, 0) is 4.79 Å². The summed E-state index contributed by atoms with van der Waals surface area (Å²) in [5.74, 6) is 0.926. The van der Waals surface area contributed by atoms with Crippen molar-refractivity contribution in [3.05, 3.63) is 77.0 Å². The van der Waals surface area contributed by atoms with Gasteiger partial charge in [0.1, 0.15) is 28.9 Å². The normalized spacial score (nSPS) is 10.9. The smallest absolute Gasteiger partial charge is 0.266 e. The number of amides is 1. The van der Waals surface area contributed by atoms with Crippen LogP contribution in [0.25, 0.3) is 17.4 Å². The fourth-order valence-electron chi connectivity index (χ4n) is 2.46. The van der Waals surface area contributed by atoms with Crippen molar-refractivity contribution < 1.29 is 13.9 Å². The highest BCUT2D eigenvalue weighted by Gasteiger charge is 2.13. The Morgan fingerprint density at radius 3 is 2.74 bits per heavy atom. The van der Waals surface area contributed by atoms with Gasteiger partial charge >= 0.3 is 0 Å². The maximum atomic E-state index is 12.4. The second-order valence-electron chi connectivity index (χ2n) is 5.54. The van der Waals surface area contributed by atoms with E-state index in [0.29, 0.717) is 28.0 Å². The third-order valence-electron chi connectivity index (χ3n) is 3.74. The first-order valence-electron chi connectivity index (χ1n) is 8.02. The summed E-state index contributed by atoms with van der Waals surface area (Å²) in [5.41, 5.74) is 1.19. The molecule has 0 radical (unpaired) electrons. The largest absolute Gasteiger partial charge is 0.495 e. The number of para-hydroxylation sites is 2. The van der Waals surface area contributed by atoms with Crippen LogP contribution in [0.2, 0.25) is 5.02 Å². The third-order valence-corrected chi connectivity index (χ3v) is 3.98. The van der Waals surface area contributed by atoms with Gasteiger partial charge in [-0.15, -0.1) is 0 Å². The highest BCUT2D eigenvalue weighted by Crippen LogP contribution is 2.26. The summed E-state index contributed by atoms with van der Waals surface area (Å²) < 4.78 is 10.9. The molecule has 2 aromatic carbocycles. The summed E-state index contributed by atoms with van der Waals surface area (Å²) in [5, 5.41) is 12.6. The molecule has 0 aliphatic rings. The molecule has 3 aromatic rings. The molecule has 1 N–H and O–H groups in total. The zero-order chi connectivity index (χ0) is 19.2. The number of hydrogen-bond donors (Lipinski definition) is 1. The molecule has 134 valence electrons. The van der Waals surface area contributed by atoms with Gasteiger partial charge in [0.25, 0.3) is 5.91 Å². The lowest BCUT2D eigenvalue weighted by atomic mass is 10.2. The maximum absolute atomic E-state index is 12.4. The van der Waals surface area contributed by atoms with Gasteiger partial charge in [-0.3, -0.25) is 4.79 Å². The van der Waals surface area contributed by atoms with Crippen LogP contribution in [0.15, 0.2) is 70.7 Å². The summed E-state index contributed by atoms with van der Waals surface area (Å²) in [4.78, 5) is 12.4. The summed E-state index contributed by atoms with van der Waals surface area (Å²) >= 11 is 5.99. The van der Waals surface area contributed by atoms with E-state index in [1.165, 1.54) is 13.2 Å². The van der Waals surface area contributed by atoms with Gasteiger partial charge in [0, 0.05) is 16.7 Å². The molecule has 0 unspecified atom stereocenters. The quantitative estimate of drug-likeness (QED) is 0.491. The second-order valence-corrected chi connectivity index (χ2v) is 5.97. The average molecular weight is 379 g/mol. The van der Waals surface area contributed by atoms with Crippen molar-refractivity contribution in [2.75, 3.05) is 12.4 Å². The van der Waals surface area contributed by atoms with Gasteiger partial charge in [0.05, 0.1) is 12.8 Å². The molecule has 0 aliphatic carbocycles. The summed E-state index contributed by atoms with van der Waals surface area (Å²) in [7, 11) is 1.51. The van der Waals surface area contributed by atoms with Crippen molar-refractivity contribution in [3.63, 3.8) is 0 Å². The second kappa shape index (κ2) is 8.26. The summed E-state index contributed by atoms with van der Waals surface area (Å²) in [6.07, 6.45) is 1.39. The number of carbonyl (C=O) groups is 1. The molecule has 1 amide bonds. The van der Waals surface area contributed by atoms with Gasteiger partial charge < -0.3 is 14.5 Å². The molecule has 6 heteroatoms. The zero-order valence-electron chi connectivity index (χ0n) is 14.4. The van der Waals surface area contributed by atoms with E-state index in [4.69, 9.17) is 20.8 Å². The molecule has 0 bridgehead atoms. The number of ether oxygens (including phenoxy) is 1. The van der Waals surface area contributed by atoms with E-state index in [1.54, 1.807) is 48.5 Å². The number of methoxy groups -OCH3 is 1. The molecule has 5 nitrogen and oxygen atoms in total. The zero-order valence-corrected chi connectivity index (χ0v) is 15.2. The molecule has 0 aliphatic heterocycles. The minimum atomic E-state index is -0.553. The Morgan fingerprint density at radius 1 is 1.19 bits per heavy atom. The highest BCUT2D eigenvalue weighted by atomic mass is 35.5. The Kier molecular flexibility index (Phi) is 5.60. The fraction of sp³-hybridized carbons (Fsp3) is 0.0476. The molecular weight excluding hydrogens is 364 g/mol. The van der Waals surface area contributed by atoms with Crippen molar-refractivity contribution in [1.29, 1.82) is 5.26 Å². The van der Waals surface area contributed by atoms with Gasteiger partial charge in [0.2, 0.25) is 0 Å². The van der Waals surface area contributed by atoms with Gasteiger partial charge in [-0.1, -0.05) is 35.9 Å². The lowest BCUT2D eigenvalue weighted by molar-refractivity contribution is -0.112. The number of hydrogen-bond acceptors (Lipinski definition) is 4. The van der Waals surface area contributed by atoms with Gasteiger partial charge in [0.15, 0.2) is 0 Å². The van der Waals surface area contributed by atoms with Gasteiger partial charge in [-0.05, 0) is 36.4 Å². The minimum Gasteiger partial charge on any atom is -0.495 e. The number of nitriles is 1. The first-order chi connectivity index (χ1) is 13.1. The third kappa shape index (κ3) is 4.38. The Balaban J connectivity index is 1.82. The molecule has 0 spiro atoms. The standard InChI is InChI=1S/C21H15ClN2O3/c1-26-20-8-3-2-7-18(20)24-21(25)15(13-23)12-17-9-10-19(27-17)14-5-4-6-16(22)11-14/h2-12H,1H3,(H,24,25)/b15-12+. The van der Waals surface area contributed by atoms with Gasteiger partial charge in [-0.2, -0.15) is 5.26 Å². The van der Waals surface area contributed by atoms with Crippen LogP contribution in [0.4, 0.5) is 5.69 Å². The van der Waals surface area contributed by atoms with E-state index >= 15 is 0 Å². The first-order valence-corrected chi connectivity index (χ1v) is 8.40. The van der Waals surface area contributed by atoms with E-state index in [9.17, 15) is 10.1 Å². The van der Waals surface area contributed by atoms with Crippen LogP contribution in [0.1, 0.15) is 5.76 Å². The van der Waals surface area contributed by atoms with Crippen molar-refractivity contribution in [2.24, 2.45) is 0 Å². The molecule has 27 heavy (non-hydrogen) atoms. The molecule has 0 fully saturated rings. The molecule has 0 atom stereocenters.